The predicted molar refractivity (Wildman–Crippen MR) is 129 cm³/mol. The van der Waals surface area contributed by atoms with Crippen LogP contribution in [-0.4, -0.2) is 47.2 Å². The Bertz CT molecular complexity index is 1460. The van der Waals surface area contributed by atoms with Gasteiger partial charge in [0.05, 0.1) is 23.4 Å². The Kier molecular flexibility index (Phi) is 8.03. The van der Waals surface area contributed by atoms with Crippen LogP contribution in [0.3, 0.4) is 0 Å². The summed E-state index contributed by atoms with van der Waals surface area (Å²) >= 11 is 1.03. The molecular weight excluding hydrogens is 470 g/mol. The van der Waals surface area contributed by atoms with Crippen LogP contribution in [0.15, 0.2) is 88.7 Å². The van der Waals surface area contributed by atoms with Crippen LogP contribution in [0, 0.1) is 17.8 Å². The summed E-state index contributed by atoms with van der Waals surface area (Å²) in [5.41, 5.74) is 0.796. The van der Waals surface area contributed by atoms with Crippen molar-refractivity contribution in [1.82, 2.24) is 8.87 Å². The van der Waals surface area contributed by atoms with Crippen molar-refractivity contribution in [1.29, 1.82) is 0 Å². The fraction of sp³-hybridized carbons (Fsp3) is 0.0417. The fourth-order valence-electron chi connectivity index (χ4n) is 3.19. The van der Waals surface area contributed by atoms with Crippen molar-refractivity contribution in [3.05, 3.63) is 107 Å². The molecule has 0 bridgehead atoms. The number of aromatic nitrogens is 1. The first kappa shape index (κ1) is 25.4. The Morgan fingerprint density at radius 2 is 1.76 bits per heavy atom. The fourth-order valence-corrected chi connectivity index (χ4v) is 5.50. The average Bonchev–Trinajstić information content (AvgIpc) is 3.52. The Balaban J connectivity index is 0.00000324. The molecule has 0 saturated heterocycles. The molecule has 10 heteroatoms. The van der Waals surface area contributed by atoms with Gasteiger partial charge >= 0.3 is 5.97 Å². The van der Waals surface area contributed by atoms with Crippen LogP contribution in [0.4, 0.5) is 4.39 Å². The van der Waals surface area contributed by atoms with Gasteiger partial charge in [0.2, 0.25) is 0 Å². The number of rotatable bonds is 6. The number of thiophene rings is 1. The molecule has 2 aromatic heterocycles. The minimum absolute atomic E-state index is 0. The van der Waals surface area contributed by atoms with E-state index in [0.717, 1.165) is 15.6 Å². The first-order valence-electron chi connectivity index (χ1n) is 9.69. The van der Waals surface area contributed by atoms with Crippen molar-refractivity contribution in [2.75, 3.05) is 0 Å². The average molecular weight is 487 g/mol. The van der Waals surface area contributed by atoms with Gasteiger partial charge in [-0.25, -0.2) is 13.5 Å². The number of aromatic carboxylic acids is 1. The van der Waals surface area contributed by atoms with Gasteiger partial charge in [-0.2, -0.15) is 8.42 Å². The summed E-state index contributed by atoms with van der Waals surface area (Å²) in [5.74, 6) is 1.11. The third-order valence-corrected chi connectivity index (χ3v) is 7.78. The molecule has 0 aliphatic heterocycles. The molecule has 0 atom stereocenters. The molecule has 4 rings (SSSR count). The van der Waals surface area contributed by atoms with E-state index < -0.39 is 21.8 Å². The molecule has 0 aliphatic carbocycles. The van der Waals surface area contributed by atoms with E-state index in [-0.39, 0.29) is 40.7 Å². The maximum atomic E-state index is 14.3. The number of carbonyl (C=O) groups is 1. The first-order valence-corrected chi connectivity index (χ1v) is 12.0. The van der Waals surface area contributed by atoms with Crippen molar-refractivity contribution >= 4 is 46.2 Å². The maximum Gasteiger partial charge on any atom is 0.337 e. The molecule has 0 saturated carbocycles. The molecule has 0 unspecified atom stereocenters. The van der Waals surface area contributed by atoms with Crippen molar-refractivity contribution < 1.29 is 22.7 Å². The third-order valence-electron chi connectivity index (χ3n) is 4.76. The summed E-state index contributed by atoms with van der Waals surface area (Å²) < 4.78 is 43.3. The van der Waals surface area contributed by atoms with Gasteiger partial charge in [0.15, 0.2) is 0 Å². The van der Waals surface area contributed by atoms with E-state index in [0.29, 0.717) is 11.3 Å². The molecule has 0 fully saturated rings. The van der Waals surface area contributed by atoms with E-state index in [2.05, 4.69) is 12.0 Å². The van der Waals surface area contributed by atoms with Gasteiger partial charge in [0.1, 0.15) is 10.0 Å². The van der Waals surface area contributed by atoms with Gasteiger partial charge in [0, 0.05) is 42.9 Å². The molecule has 0 spiro atoms. The van der Waals surface area contributed by atoms with Gasteiger partial charge in [-0.3, -0.25) is 0 Å². The van der Waals surface area contributed by atoms with E-state index in [1.165, 1.54) is 36.4 Å². The van der Waals surface area contributed by atoms with E-state index in [4.69, 9.17) is 0 Å². The second-order valence-corrected chi connectivity index (χ2v) is 9.91. The number of hydrogen-bond donors (Lipinski definition) is 1. The second kappa shape index (κ2) is 10.8. The molecule has 1 N–H and O–H groups in total. The van der Waals surface area contributed by atoms with Crippen LogP contribution in [0.2, 0.25) is 0 Å². The van der Waals surface area contributed by atoms with E-state index >= 15 is 0 Å². The van der Waals surface area contributed by atoms with Gasteiger partial charge in [-0.15, -0.1) is 11.3 Å². The van der Waals surface area contributed by atoms with Crippen LogP contribution in [-0.2, 0) is 16.6 Å². The van der Waals surface area contributed by atoms with Crippen LogP contribution >= 0.6 is 11.3 Å². The number of hydrogen-bond acceptors (Lipinski definition) is 4. The van der Waals surface area contributed by atoms with Crippen molar-refractivity contribution in [3.63, 3.8) is 0 Å². The number of halogens is 1. The van der Waals surface area contributed by atoms with Crippen LogP contribution < -0.4 is 0 Å². The van der Waals surface area contributed by atoms with Crippen molar-refractivity contribution in [2.24, 2.45) is 0 Å². The third kappa shape index (κ3) is 5.27. The molecule has 2 heterocycles. The smallest absolute Gasteiger partial charge is 0.337 e. The number of sulfonamides is 1. The molecule has 0 amide bonds. The van der Waals surface area contributed by atoms with E-state index in [9.17, 15) is 22.7 Å². The zero-order valence-electron chi connectivity index (χ0n) is 18.1. The summed E-state index contributed by atoms with van der Waals surface area (Å²) in [5, 5.41) is 11.3. The number of carboxylic acid groups (broad SMARTS) is 1. The largest absolute Gasteiger partial charge is 0.478 e. The molecule has 167 valence electrons. The van der Waals surface area contributed by atoms with E-state index in [1.807, 2.05) is 0 Å². The summed E-state index contributed by atoms with van der Waals surface area (Å²) in [7, 11) is -4.05. The number of para-hydroxylation sites is 1. The number of carboxylic acids is 1. The summed E-state index contributed by atoms with van der Waals surface area (Å²) in [6.07, 6.45) is 3.35. The van der Waals surface area contributed by atoms with Crippen molar-refractivity contribution in [2.45, 2.75) is 10.8 Å². The molecular formula is C24H17FLiN2O4S2. The summed E-state index contributed by atoms with van der Waals surface area (Å²) in [4.78, 5) is 11.8. The molecule has 34 heavy (non-hydrogen) atoms. The first-order chi connectivity index (χ1) is 15.9. The maximum absolute atomic E-state index is 14.3. The molecule has 1 radical (unpaired) electrons. The molecule has 6 nitrogen and oxygen atoms in total. The van der Waals surface area contributed by atoms with Crippen LogP contribution in [0.1, 0.15) is 21.5 Å². The Hall–Kier alpha value is -3.27. The van der Waals surface area contributed by atoms with Crippen molar-refractivity contribution in [3.8, 4) is 17.7 Å². The molecule has 4 aromatic rings. The normalized spacial score (nSPS) is 10.6. The Labute approximate surface area is 212 Å². The summed E-state index contributed by atoms with van der Waals surface area (Å²) in [6, 6.07) is 19.6. The van der Waals surface area contributed by atoms with Gasteiger partial charge in [0.25, 0.3) is 10.0 Å². The Morgan fingerprint density at radius 1 is 1.03 bits per heavy atom. The number of nitrogens with zero attached hydrogens (tertiary/aromatic N) is 2. The standard InChI is InChI=1S/C24H17FN2O4S2.Li/c25-21-10-2-1-7-19(21)17-27(33(30,31)22-11-6-16-32-22)15-12-18-8-5-9-20(24(28)29)23(18)26-13-3-4-14-26;/h1-11,13-14,16H,17H2,(H,28,29);. The van der Waals surface area contributed by atoms with E-state index in [1.54, 1.807) is 52.7 Å². The minimum atomic E-state index is -4.05. The quantitative estimate of drug-likeness (QED) is 0.251. The SMILES string of the molecule is O=C(O)c1cccc(C#CN(Cc2ccccc2F)S(=O)(=O)c2cccs2)c1-n1cccc1.[Li]. The second-order valence-electron chi connectivity index (χ2n) is 6.87. The Morgan fingerprint density at radius 3 is 2.41 bits per heavy atom. The van der Waals surface area contributed by atoms with Crippen LogP contribution in [0.5, 0.6) is 0 Å². The van der Waals surface area contributed by atoms with Gasteiger partial charge < -0.3 is 9.67 Å². The minimum Gasteiger partial charge on any atom is -0.478 e. The zero-order chi connectivity index (χ0) is 23.4. The van der Waals surface area contributed by atoms with Gasteiger partial charge in [-0.05, 0) is 47.7 Å². The summed E-state index contributed by atoms with van der Waals surface area (Å²) in [6.45, 7) is -0.308. The molecule has 2 aromatic carbocycles. The predicted octanol–water partition coefficient (Wildman–Crippen LogP) is 4.20. The topological polar surface area (TPSA) is 79.6 Å². The molecule has 0 aliphatic rings. The number of benzene rings is 2. The zero-order valence-corrected chi connectivity index (χ0v) is 19.7. The van der Waals surface area contributed by atoms with Gasteiger partial charge in [-0.1, -0.05) is 30.3 Å². The monoisotopic (exact) mass is 487 g/mol. The van der Waals surface area contributed by atoms with Crippen LogP contribution in [0.25, 0.3) is 5.69 Å².